The minimum Gasteiger partial charge on any atom is -0.467 e. The quantitative estimate of drug-likeness (QED) is 0.665. The van der Waals surface area contributed by atoms with Crippen molar-refractivity contribution < 1.29 is 17.9 Å². The number of benzene rings is 2. The predicted octanol–water partition coefficient (Wildman–Crippen LogP) is 4.05. The third-order valence-corrected chi connectivity index (χ3v) is 5.79. The summed E-state index contributed by atoms with van der Waals surface area (Å²) in [4.78, 5) is 10.2. The van der Waals surface area contributed by atoms with Gasteiger partial charge in [0.05, 0.1) is 10.1 Å². The molecule has 0 N–H and O–H groups in total. The van der Waals surface area contributed by atoms with E-state index in [0.29, 0.717) is 0 Å². The smallest absolute Gasteiger partial charge is 0.293 e. The summed E-state index contributed by atoms with van der Waals surface area (Å²) in [6, 6.07) is 18.7. The molecule has 136 valence electrons. The summed E-state index contributed by atoms with van der Waals surface area (Å²) < 4.78 is 28.1. The van der Waals surface area contributed by atoms with Crippen molar-refractivity contribution in [2.75, 3.05) is 6.61 Å². The highest BCUT2D eigenvalue weighted by Gasteiger charge is 2.23. The van der Waals surface area contributed by atoms with Gasteiger partial charge in [-0.2, -0.15) is 0 Å². The van der Waals surface area contributed by atoms with E-state index in [1.807, 2.05) is 0 Å². The van der Waals surface area contributed by atoms with E-state index in [1.165, 1.54) is 43.9 Å². The third kappa shape index (κ3) is 7.52. The van der Waals surface area contributed by atoms with Crippen molar-refractivity contribution >= 4 is 16.3 Å². The molecule has 2 aromatic rings. The molecule has 0 bridgehead atoms. The number of rotatable bonds is 8. The molecule has 0 aromatic heterocycles. The molecule has 2 aromatic carbocycles. The second kappa shape index (κ2) is 11.4. The van der Waals surface area contributed by atoms with Crippen molar-refractivity contribution in [1.82, 2.24) is 0 Å². The Kier molecular flexibility index (Phi) is 9.55. The second-order valence-corrected chi connectivity index (χ2v) is 8.05. The van der Waals surface area contributed by atoms with Crippen molar-refractivity contribution in [2.24, 2.45) is 0 Å². The number of aryl methyl sites for hydroxylation is 1. The molecule has 1 atom stereocenters. The first-order chi connectivity index (χ1) is 12.0. The summed E-state index contributed by atoms with van der Waals surface area (Å²) in [5.41, 5.74) is 1.46. The third-order valence-electron chi connectivity index (χ3n) is 3.66. The van der Waals surface area contributed by atoms with Gasteiger partial charge in [0.2, 0.25) is 0 Å². The van der Waals surface area contributed by atoms with E-state index in [0.717, 1.165) is 0 Å². The summed E-state index contributed by atoms with van der Waals surface area (Å²) in [5.74, 6) is 0. The molecule has 0 saturated carbocycles. The Balaban J connectivity index is 0.000000271. The molecular formula is C20H26O4S. The van der Waals surface area contributed by atoms with Crippen LogP contribution in [0, 0.1) is 0 Å². The zero-order valence-corrected chi connectivity index (χ0v) is 15.6. The molecule has 4 nitrogen and oxygen atoms in total. The van der Waals surface area contributed by atoms with E-state index >= 15 is 0 Å². The Morgan fingerprint density at radius 1 is 1.00 bits per heavy atom. The SMILES string of the molecule is CC(COC=O)S(=O)(=O)c1ccccc1.CCCCc1ccccc1. The largest absolute Gasteiger partial charge is 0.467 e. The maximum Gasteiger partial charge on any atom is 0.293 e. The van der Waals surface area contributed by atoms with Gasteiger partial charge >= 0.3 is 0 Å². The maximum absolute atomic E-state index is 11.8. The lowest BCUT2D eigenvalue weighted by Gasteiger charge is -2.11. The molecule has 1 unspecified atom stereocenters. The molecule has 0 spiro atoms. The van der Waals surface area contributed by atoms with Crippen LogP contribution in [0.25, 0.3) is 0 Å². The van der Waals surface area contributed by atoms with Crippen LogP contribution in [0.4, 0.5) is 0 Å². The molecular weight excluding hydrogens is 336 g/mol. The van der Waals surface area contributed by atoms with Crippen LogP contribution in [0.5, 0.6) is 0 Å². The molecule has 0 heterocycles. The molecule has 25 heavy (non-hydrogen) atoms. The van der Waals surface area contributed by atoms with Crippen LogP contribution in [-0.2, 0) is 25.8 Å². The number of carbonyl (C=O) groups is 1. The molecule has 0 aliphatic rings. The molecule has 5 heteroatoms. The first-order valence-electron chi connectivity index (χ1n) is 8.40. The van der Waals surface area contributed by atoms with Crippen LogP contribution in [-0.4, -0.2) is 26.7 Å². The molecule has 0 aliphatic carbocycles. The van der Waals surface area contributed by atoms with Gasteiger partial charge in [0, 0.05) is 0 Å². The van der Waals surface area contributed by atoms with Gasteiger partial charge in [-0.3, -0.25) is 4.79 Å². The van der Waals surface area contributed by atoms with Gasteiger partial charge < -0.3 is 4.74 Å². The van der Waals surface area contributed by atoms with E-state index in [4.69, 9.17) is 0 Å². The van der Waals surface area contributed by atoms with Crippen LogP contribution < -0.4 is 0 Å². The second-order valence-electron chi connectivity index (χ2n) is 5.69. The van der Waals surface area contributed by atoms with Crippen molar-refractivity contribution in [3.05, 3.63) is 66.2 Å². The van der Waals surface area contributed by atoms with Crippen LogP contribution in [0.15, 0.2) is 65.6 Å². The summed E-state index contributed by atoms with van der Waals surface area (Å²) >= 11 is 0. The normalized spacial score (nSPS) is 11.8. The van der Waals surface area contributed by atoms with Crippen molar-refractivity contribution in [3.63, 3.8) is 0 Å². The number of sulfone groups is 1. The highest BCUT2D eigenvalue weighted by atomic mass is 32.2. The Bertz CT molecular complexity index is 697. The van der Waals surface area contributed by atoms with Crippen LogP contribution >= 0.6 is 0 Å². The number of ether oxygens (including phenoxy) is 1. The lowest BCUT2D eigenvalue weighted by molar-refractivity contribution is -0.128. The molecule has 0 aliphatic heterocycles. The van der Waals surface area contributed by atoms with Gasteiger partial charge in [0.15, 0.2) is 9.84 Å². The number of hydrogen-bond donors (Lipinski definition) is 0. The molecule has 0 saturated heterocycles. The monoisotopic (exact) mass is 362 g/mol. The first-order valence-corrected chi connectivity index (χ1v) is 9.95. The topological polar surface area (TPSA) is 60.4 Å². The molecule has 0 radical (unpaired) electrons. The van der Waals surface area contributed by atoms with E-state index in [-0.39, 0.29) is 18.0 Å². The Labute approximate surface area is 150 Å². The first kappa shape index (κ1) is 20.9. The number of carbonyl (C=O) groups excluding carboxylic acids is 1. The van der Waals surface area contributed by atoms with Crippen molar-refractivity contribution in [3.8, 4) is 0 Å². The molecule has 0 fully saturated rings. The van der Waals surface area contributed by atoms with E-state index in [1.54, 1.807) is 18.2 Å². The van der Waals surface area contributed by atoms with Crippen LogP contribution in [0.1, 0.15) is 32.3 Å². The highest BCUT2D eigenvalue weighted by molar-refractivity contribution is 7.92. The zero-order valence-electron chi connectivity index (χ0n) is 14.8. The maximum atomic E-state index is 11.8. The summed E-state index contributed by atoms with van der Waals surface area (Å²) in [6.45, 7) is 3.85. The summed E-state index contributed by atoms with van der Waals surface area (Å²) in [6.07, 6.45) is 3.83. The zero-order chi connectivity index (χ0) is 18.5. The fourth-order valence-electron chi connectivity index (χ4n) is 2.13. The van der Waals surface area contributed by atoms with Crippen molar-refractivity contribution in [1.29, 1.82) is 0 Å². The molecule has 0 amide bonds. The van der Waals surface area contributed by atoms with Gasteiger partial charge in [-0.15, -0.1) is 0 Å². The predicted molar refractivity (Wildman–Crippen MR) is 100 cm³/mol. The number of hydrogen-bond acceptors (Lipinski definition) is 4. The van der Waals surface area contributed by atoms with Gasteiger partial charge in [-0.25, -0.2) is 8.42 Å². The van der Waals surface area contributed by atoms with Gasteiger partial charge in [-0.05, 0) is 37.5 Å². The van der Waals surface area contributed by atoms with Gasteiger partial charge in [0.1, 0.15) is 6.61 Å². The minimum absolute atomic E-state index is 0.124. The Morgan fingerprint density at radius 2 is 1.56 bits per heavy atom. The molecule has 2 rings (SSSR count). The van der Waals surface area contributed by atoms with Gasteiger partial charge in [-0.1, -0.05) is 61.9 Å². The van der Waals surface area contributed by atoms with E-state index in [2.05, 4.69) is 42.0 Å². The summed E-state index contributed by atoms with van der Waals surface area (Å²) in [5, 5.41) is -0.731. The van der Waals surface area contributed by atoms with E-state index < -0.39 is 15.1 Å². The highest BCUT2D eigenvalue weighted by Crippen LogP contribution is 2.15. The lowest BCUT2D eigenvalue weighted by atomic mass is 10.1. The van der Waals surface area contributed by atoms with Crippen LogP contribution in [0.2, 0.25) is 0 Å². The average molecular weight is 362 g/mol. The Morgan fingerprint density at radius 3 is 2.08 bits per heavy atom. The average Bonchev–Trinajstić information content (AvgIpc) is 2.66. The minimum atomic E-state index is -3.40. The van der Waals surface area contributed by atoms with Gasteiger partial charge in [0.25, 0.3) is 6.47 Å². The summed E-state index contributed by atoms with van der Waals surface area (Å²) in [7, 11) is -3.40. The standard InChI is InChI=1S/C10H12O4S.C10H14/c1-9(7-14-8-11)15(12,13)10-5-3-2-4-6-10;1-2-3-7-10-8-5-4-6-9-10/h2-6,8-9H,7H2,1H3;4-6,8-9H,2-3,7H2,1H3. The Hall–Kier alpha value is -2.14. The number of unbranched alkanes of at least 4 members (excludes halogenated alkanes) is 1. The van der Waals surface area contributed by atoms with Crippen LogP contribution in [0.3, 0.4) is 0 Å². The fourth-order valence-corrected chi connectivity index (χ4v) is 3.39. The van der Waals surface area contributed by atoms with Crippen molar-refractivity contribution in [2.45, 2.75) is 43.3 Å². The fraction of sp³-hybridized carbons (Fsp3) is 0.350. The van der Waals surface area contributed by atoms with E-state index in [9.17, 15) is 13.2 Å². The lowest BCUT2D eigenvalue weighted by Crippen LogP contribution is -2.23.